The topological polar surface area (TPSA) is 26.3 Å². The van der Waals surface area contributed by atoms with Crippen LogP contribution < -0.4 is 0 Å². The van der Waals surface area contributed by atoms with E-state index in [2.05, 4.69) is 34.3 Å². The second-order valence-corrected chi connectivity index (χ2v) is 8.05. The van der Waals surface area contributed by atoms with Gasteiger partial charge in [-0.25, -0.2) is 4.79 Å². The second kappa shape index (κ2) is 6.72. The Morgan fingerprint density at radius 2 is 1.80 bits per heavy atom. The van der Waals surface area contributed by atoms with E-state index in [0.29, 0.717) is 17.5 Å². The van der Waals surface area contributed by atoms with Crippen LogP contribution in [-0.2, 0) is 9.53 Å². The van der Waals surface area contributed by atoms with Crippen molar-refractivity contribution < 1.29 is 9.53 Å². The maximum Gasteiger partial charge on any atom is 0.329 e. The van der Waals surface area contributed by atoms with Crippen molar-refractivity contribution in [3.05, 3.63) is 12.7 Å². The van der Waals surface area contributed by atoms with Gasteiger partial charge in [-0.15, -0.1) is 6.58 Å². The number of hydrogen-bond donors (Lipinski definition) is 0. The van der Waals surface area contributed by atoms with Crippen molar-refractivity contribution >= 4 is 19.5 Å². The van der Waals surface area contributed by atoms with Crippen molar-refractivity contribution in [1.82, 2.24) is 0 Å². The normalized spacial score (nSPS) is 10.3. The third-order valence-electron chi connectivity index (χ3n) is 2.37. The maximum absolute atomic E-state index is 11.7. The molecule has 0 aliphatic rings. The number of carbonyl (C=O) groups excluding carboxylic acids is 1. The van der Waals surface area contributed by atoms with Gasteiger partial charge in [0.25, 0.3) is 0 Å². The zero-order chi connectivity index (χ0) is 12.0. The Bertz CT molecular complexity index is 255. The molecule has 0 bridgehead atoms. The molecule has 0 aliphatic heterocycles. The zero-order valence-electron chi connectivity index (χ0n) is 10.5. The molecule has 0 saturated carbocycles. The molecule has 0 N–H and O–H groups in total. The van der Waals surface area contributed by atoms with Crippen LogP contribution in [0.3, 0.4) is 0 Å². The highest BCUT2D eigenvalue weighted by atomic mass is 28.2. The molecule has 0 aromatic heterocycles. The molecule has 0 aromatic carbocycles. The molecule has 0 fully saturated rings. The summed E-state index contributed by atoms with van der Waals surface area (Å²) < 4.78 is 4.85. The monoisotopic (exact) mass is 226 g/mol. The first-order chi connectivity index (χ1) is 6.95. The van der Waals surface area contributed by atoms with Crippen molar-refractivity contribution in [3.63, 3.8) is 0 Å². The quantitative estimate of drug-likeness (QED) is 0.409. The summed E-state index contributed by atoms with van der Waals surface area (Å²) in [7, 11) is 0.630. The van der Waals surface area contributed by atoms with E-state index in [4.69, 9.17) is 4.74 Å². The molecule has 3 heteroatoms. The molecule has 0 unspecified atom stereocenters. The van der Waals surface area contributed by atoms with Crippen molar-refractivity contribution in [3.8, 4) is 0 Å². The largest absolute Gasteiger partial charge is 0.466 e. The van der Waals surface area contributed by atoms with Gasteiger partial charge >= 0.3 is 5.97 Å². The standard InChI is InChI=1S/C12H22O2Si/c1-7-8-11(12(13)14-6)15(9(2)3)10(4)5/h7,9-10H,1,8H2,2-6H3. The van der Waals surface area contributed by atoms with Crippen LogP contribution in [0, 0.1) is 0 Å². The Kier molecular flexibility index (Phi) is 6.41. The minimum Gasteiger partial charge on any atom is -0.466 e. The van der Waals surface area contributed by atoms with E-state index >= 15 is 0 Å². The highest BCUT2D eigenvalue weighted by Crippen LogP contribution is 2.17. The number of ether oxygens (including phenoxy) is 1. The summed E-state index contributed by atoms with van der Waals surface area (Å²) in [5.74, 6) is -0.147. The molecule has 0 aromatic rings. The summed E-state index contributed by atoms with van der Waals surface area (Å²) in [5.41, 5.74) is 1.09. The van der Waals surface area contributed by atoms with Crippen LogP contribution in [-0.4, -0.2) is 26.7 Å². The summed E-state index contributed by atoms with van der Waals surface area (Å²) in [6, 6.07) is 0. The Morgan fingerprint density at radius 3 is 2.07 bits per heavy atom. The summed E-state index contributed by atoms with van der Waals surface area (Å²) in [5, 5.41) is 0.947. The lowest BCUT2D eigenvalue weighted by Crippen LogP contribution is -2.29. The highest BCUT2D eigenvalue weighted by molar-refractivity contribution is 6.83. The van der Waals surface area contributed by atoms with Gasteiger partial charge in [-0.3, -0.25) is 0 Å². The lowest BCUT2D eigenvalue weighted by Gasteiger charge is -2.18. The van der Waals surface area contributed by atoms with Gasteiger partial charge in [0.2, 0.25) is 0 Å². The molecule has 2 nitrogen and oxygen atoms in total. The Labute approximate surface area is 94.6 Å². The molecule has 0 heterocycles. The van der Waals surface area contributed by atoms with Gasteiger partial charge in [0.1, 0.15) is 0 Å². The number of hydrogen-bond acceptors (Lipinski definition) is 2. The number of rotatable bonds is 5. The van der Waals surface area contributed by atoms with Crippen molar-refractivity contribution in [2.45, 2.75) is 45.2 Å². The molecule has 0 radical (unpaired) electrons. The Balaban J connectivity index is 5.33. The van der Waals surface area contributed by atoms with E-state index < -0.39 is 8.41 Å². The Morgan fingerprint density at radius 1 is 1.33 bits per heavy atom. The molecular formula is C12H22O2Si. The molecule has 0 amide bonds. The van der Waals surface area contributed by atoms with E-state index in [9.17, 15) is 4.79 Å². The molecule has 0 atom stereocenters. The lowest BCUT2D eigenvalue weighted by molar-refractivity contribution is -0.132. The summed E-state index contributed by atoms with van der Waals surface area (Å²) in [4.78, 5) is 11.7. The van der Waals surface area contributed by atoms with Crippen LogP contribution in [0.5, 0.6) is 0 Å². The van der Waals surface area contributed by atoms with Crippen molar-refractivity contribution in [2.75, 3.05) is 7.11 Å². The molecule has 15 heavy (non-hydrogen) atoms. The van der Waals surface area contributed by atoms with Crippen molar-refractivity contribution in [1.29, 1.82) is 0 Å². The molecular weight excluding hydrogens is 204 g/mol. The average Bonchev–Trinajstić information content (AvgIpc) is 2.14. The van der Waals surface area contributed by atoms with E-state index in [0.717, 1.165) is 5.17 Å². The fourth-order valence-corrected chi connectivity index (χ4v) is 5.40. The van der Waals surface area contributed by atoms with Gasteiger partial charge in [0.15, 0.2) is 0 Å². The molecule has 0 rings (SSSR count). The summed E-state index contributed by atoms with van der Waals surface area (Å²) in [6.07, 6.45) is 2.46. The van der Waals surface area contributed by atoms with Crippen LogP contribution >= 0.6 is 0 Å². The first-order valence-corrected chi connectivity index (χ1v) is 7.03. The van der Waals surface area contributed by atoms with Crippen LogP contribution in [0.4, 0.5) is 0 Å². The van der Waals surface area contributed by atoms with Gasteiger partial charge in [-0.05, 0) is 17.5 Å². The number of carbonyl (C=O) groups is 1. The van der Waals surface area contributed by atoms with Gasteiger partial charge in [-0.1, -0.05) is 33.8 Å². The SMILES string of the molecule is C=CCC(C(=O)OC)=[Si](C(C)C)C(C)C. The van der Waals surface area contributed by atoms with E-state index in [1.54, 1.807) is 6.08 Å². The van der Waals surface area contributed by atoms with Gasteiger partial charge in [-0.2, -0.15) is 0 Å². The molecule has 0 aliphatic carbocycles. The van der Waals surface area contributed by atoms with Gasteiger partial charge in [0, 0.05) is 13.6 Å². The minimum absolute atomic E-state index is 0.147. The van der Waals surface area contributed by atoms with Gasteiger partial charge in [0.05, 0.1) is 7.11 Å². The third-order valence-corrected chi connectivity index (χ3v) is 5.97. The first kappa shape index (κ1) is 14.3. The molecule has 0 spiro atoms. The van der Waals surface area contributed by atoms with E-state index in [1.165, 1.54) is 7.11 Å². The highest BCUT2D eigenvalue weighted by Gasteiger charge is 2.20. The predicted molar refractivity (Wildman–Crippen MR) is 67.8 cm³/mol. The van der Waals surface area contributed by atoms with E-state index in [-0.39, 0.29) is 5.97 Å². The summed E-state index contributed by atoms with van der Waals surface area (Å²) >= 11 is 0. The molecule has 0 saturated heterocycles. The number of methoxy groups -OCH3 is 1. The fraction of sp³-hybridized carbons (Fsp3) is 0.667. The number of esters is 1. The third kappa shape index (κ3) is 4.12. The van der Waals surface area contributed by atoms with E-state index in [1.807, 2.05) is 0 Å². The fourth-order valence-electron chi connectivity index (χ4n) is 1.95. The zero-order valence-corrected chi connectivity index (χ0v) is 11.5. The summed E-state index contributed by atoms with van der Waals surface area (Å²) in [6.45, 7) is 12.4. The predicted octanol–water partition coefficient (Wildman–Crippen LogP) is 2.80. The molecule has 86 valence electrons. The smallest absolute Gasteiger partial charge is 0.329 e. The van der Waals surface area contributed by atoms with Crippen LogP contribution in [0.25, 0.3) is 0 Å². The lowest BCUT2D eigenvalue weighted by atomic mass is 10.3. The van der Waals surface area contributed by atoms with Crippen LogP contribution in [0.15, 0.2) is 12.7 Å². The number of allylic oxidation sites excluding steroid dienone is 1. The average molecular weight is 226 g/mol. The van der Waals surface area contributed by atoms with Crippen molar-refractivity contribution in [2.24, 2.45) is 0 Å². The first-order valence-electron chi connectivity index (χ1n) is 5.37. The van der Waals surface area contributed by atoms with Crippen LogP contribution in [0.2, 0.25) is 11.1 Å². The maximum atomic E-state index is 11.7. The van der Waals surface area contributed by atoms with Gasteiger partial charge < -0.3 is 4.74 Å². The minimum atomic E-state index is -0.820. The second-order valence-electron chi connectivity index (χ2n) is 4.23. The van der Waals surface area contributed by atoms with Crippen LogP contribution in [0.1, 0.15) is 34.1 Å². The Hall–Kier alpha value is -0.703.